The number of amides is 1. The Morgan fingerprint density at radius 1 is 1.18 bits per heavy atom. The van der Waals surface area contributed by atoms with Gasteiger partial charge in [-0.25, -0.2) is 13.9 Å². The van der Waals surface area contributed by atoms with Crippen LogP contribution in [0.15, 0.2) is 35.2 Å². The largest absolute Gasteiger partial charge is 0.311 e. The van der Waals surface area contributed by atoms with E-state index in [1.165, 1.54) is 12.1 Å². The molecule has 1 amide bonds. The average Bonchev–Trinajstić information content (AvgIpc) is 2.73. The molecule has 0 aromatic heterocycles. The van der Waals surface area contributed by atoms with Gasteiger partial charge < -0.3 is 0 Å². The van der Waals surface area contributed by atoms with Crippen LogP contribution in [-0.4, -0.2) is 38.3 Å². The second-order valence-corrected chi connectivity index (χ2v) is 9.49. The maximum atomic E-state index is 12.9. The van der Waals surface area contributed by atoms with E-state index in [9.17, 15) is 22.8 Å². The molecule has 8 heteroatoms. The van der Waals surface area contributed by atoms with Gasteiger partial charge in [-0.2, -0.15) is 0 Å². The lowest BCUT2D eigenvalue weighted by Gasteiger charge is -2.22. The minimum absolute atomic E-state index is 0.139. The minimum atomic E-state index is -3.64. The maximum absolute atomic E-state index is 12.9. The fourth-order valence-electron chi connectivity index (χ4n) is 3.25. The average molecular weight is 410 g/mol. The molecular weight excluding hydrogens is 382 g/mol. The SMILES string of the molecule is CC(C)C(CS(=O)(=O)c1ccccc1)C(=O)CC1CCCCONC(=O)C1=O. The zero-order chi connectivity index (χ0) is 20.7. The predicted octanol–water partition coefficient (Wildman–Crippen LogP) is 2.11. The van der Waals surface area contributed by atoms with Crippen LogP contribution in [0, 0.1) is 17.8 Å². The van der Waals surface area contributed by atoms with Crippen molar-refractivity contribution in [1.82, 2.24) is 5.48 Å². The quantitative estimate of drug-likeness (QED) is 0.691. The summed E-state index contributed by atoms with van der Waals surface area (Å²) in [5.74, 6) is -3.89. The van der Waals surface area contributed by atoms with E-state index in [0.717, 1.165) is 0 Å². The van der Waals surface area contributed by atoms with E-state index in [1.807, 2.05) is 0 Å². The van der Waals surface area contributed by atoms with Crippen LogP contribution < -0.4 is 5.48 Å². The van der Waals surface area contributed by atoms with Crippen molar-refractivity contribution in [3.8, 4) is 0 Å². The molecule has 154 valence electrons. The number of ketones is 2. The second-order valence-electron chi connectivity index (χ2n) is 7.45. The van der Waals surface area contributed by atoms with E-state index in [2.05, 4.69) is 5.48 Å². The van der Waals surface area contributed by atoms with E-state index < -0.39 is 33.4 Å². The molecule has 1 aliphatic heterocycles. The second kappa shape index (κ2) is 9.93. The fourth-order valence-corrected chi connectivity index (χ4v) is 5.06. The molecule has 0 saturated carbocycles. The molecule has 0 radical (unpaired) electrons. The molecule has 1 aliphatic rings. The van der Waals surface area contributed by atoms with Gasteiger partial charge in [0.1, 0.15) is 5.78 Å². The van der Waals surface area contributed by atoms with Gasteiger partial charge in [-0.1, -0.05) is 38.5 Å². The number of benzene rings is 1. The molecule has 1 heterocycles. The molecule has 2 unspecified atom stereocenters. The van der Waals surface area contributed by atoms with Gasteiger partial charge in [-0.3, -0.25) is 19.2 Å². The highest BCUT2D eigenvalue weighted by Crippen LogP contribution is 2.25. The van der Waals surface area contributed by atoms with E-state index in [1.54, 1.807) is 32.0 Å². The van der Waals surface area contributed by atoms with Gasteiger partial charge in [0.05, 0.1) is 17.3 Å². The van der Waals surface area contributed by atoms with Crippen molar-refractivity contribution in [2.24, 2.45) is 17.8 Å². The Balaban J connectivity index is 2.15. The minimum Gasteiger partial charge on any atom is -0.299 e. The number of rotatable bonds is 7. The van der Waals surface area contributed by atoms with Gasteiger partial charge in [-0.15, -0.1) is 0 Å². The first-order valence-corrected chi connectivity index (χ1v) is 11.1. The lowest BCUT2D eigenvalue weighted by molar-refractivity contribution is -0.148. The Hall–Kier alpha value is -2.06. The fraction of sp³-hybridized carbons (Fsp3) is 0.550. The highest BCUT2D eigenvalue weighted by Gasteiger charge is 2.34. The summed E-state index contributed by atoms with van der Waals surface area (Å²) in [4.78, 5) is 42.2. The topological polar surface area (TPSA) is 107 Å². The third kappa shape index (κ3) is 5.97. The van der Waals surface area contributed by atoms with Gasteiger partial charge in [-0.05, 0) is 30.9 Å². The summed E-state index contributed by atoms with van der Waals surface area (Å²) < 4.78 is 25.4. The molecule has 7 nitrogen and oxygen atoms in total. The van der Waals surface area contributed by atoms with Crippen molar-refractivity contribution >= 4 is 27.3 Å². The summed E-state index contributed by atoms with van der Waals surface area (Å²) in [5.41, 5.74) is 2.09. The third-order valence-electron chi connectivity index (χ3n) is 4.98. The number of hydroxylamine groups is 1. The van der Waals surface area contributed by atoms with E-state index in [0.29, 0.717) is 25.9 Å². The summed E-state index contributed by atoms with van der Waals surface area (Å²) in [6.45, 7) is 3.88. The van der Waals surface area contributed by atoms with Gasteiger partial charge in [0, 0.05) is 18.3 Å². The molecule has 0 aliphatic carbocycles. The summed E-state index contributed by atoms with van der Waals surface area (Å²) in [6.07, 6.45) is 1.57. The molecule has 0 spiro atoms. The summed E-state index contributed by atoms with van der Waals surface area (Å²) in [6, 6.07) is 8.00. The zero-order valence-corrected chi connectivity index (χ0v) is 17.0. The van der Waals surface area contributed by atoms with Crippen LogP contribution in [0.25, 0.3) is 0 Å². The van der Waals surface area contributed by atoms with Gasteiger partial charge in [0.2, 0.25) is 5.78 Å². The maximum Gasteiger partial charge on any atom is 0.311 e. The molecule has 2 rings (SSSR count). The molecule has 1 N–H and O–H groups in total. The molecular formula is C20H27NO6S. The van der Waals surface area contributed by atoms with Crippen LogP contribution in [0.5, 0.6) is 0 Å². The first kappa shape index (κ1) is 22.2. The smallest absolute Gasteiger partial charge is 0.299 e. The van der Waals surface area contributed by atoms with Gasteiger partial charge in [0.25, 0.3) is 0 Å². The Kier molecular flexibility index (Phi) is 7.88. The number of sulfone groups is 1. The summed E-state index contributed by atoms with van der Waals surface area (Å²) in [7, 11) is -3.64. The number of carbonyl (C=O) groups excluding carboxylic acids is 3. The lowest BCUT2D eigenvalue weighted by atomic mass is 9.84. The first-order valence-electron chi connectivity index (χ1n) is 9.49. The van der Waals surface area contributed by atoms with Crippen molar-refractivity contribution in [2.75, 3.05) is 12.4 Å². The van der Waals surface area contributed by atoms with Crippen LogP contribution in [0.1, 0.15) is 39.5 Å². The number of hydrogen-bond donors (Lipinski definition) is 1. The summed E-state index contributed by atoms with van der Waals surface area (Å²) >= 11 is 0. The van der Waals surface area contributed by atoms with Crippen LogP contribution in [0.4, 0.5) is 0 Å². The number of nitrogens with one attached hydrogen (secondary N) is 1. The zero-order valence-electron chi connectivity index (χ0n) is 16.2. The standard InChI is InChI=1S/C20H27NO6S/c1-14(2)17(13-28(25,26)16-9-4-3-5-10-16)18(22)12-15-8-6-7-11-27-21-20(24)19(15)23/h3-5,9-10,14-15,17H,6-8,11-13H2,1-2H3,(H,21,24). The van der Waals surface area contributed by atoms with Gasteiger partial charge >= 0.3 is 5.91 Å². The molecule has 2 atom stereocenters. The highest BCUT2D eigenvalue weighted by atomic mass is 32.2. The van der Waals surface area contributed by atoms with Crippen molar-refractivity contribution in [2.45, 2.75) is 44.4 Å². The van der Waals surface area contributed by atoms with Crippen molar-refractivity contribution in [1.29, 1.82) is 0 Å². The van der Waals surface area contributed by atoms with E-state index >= 15 is 0 Å². The Morgan fingerprint density at radius 2 is 1.86 bits per heavy atom. The van der Waals surface area contributed by atoms with Crippen molar-refractivity contribution < 1.29 is 27.6 Å². The van der Waals surface area contributed by atoms with Gasteiger partial charge in [0.15, 0.2) is 9.84 Å². The summed E-state index contributed by atoms with van der Waals surface area (Å²) in [5, 5.41) is 0. The monoisotopic (exact) mass is 409 g/mol. The molecule has 28 heavy (non-hydrogen) atoms. The first-order chi connectivity index (χ1) is 13.2. The van der Waals surface area contributed by atoms with E-state index in [-0.39, 0.29) is 28.8 Å². The van der Waals surface area contributed by atoms with Crippen LogP contribution in [0.3, 0.4) is 0 Å². The van der Waals surface area contributed by atoms with Crippen molar-refractivity contribution in [3.63, 3.8) is 0 Å². The van der Waals surface area contributed by atoms with Crippen molar-refractivity contribution in [3.05, 3.63) is 30.3 Å². The lowest BCUT2D eigenvalue weighted by Crippen LogP contribution is -2.37. The predicted molar refractivity (Wildman–Crippen MR) is 103 cm³/mol. The molecule has 1 aromatic rings. The van der Waals surface area contributed by atoms with Crippen LogP contribution in [0.2, 0.25) is 0 Å². The third-order valence-corrected chi connectivity index (χ3v) is 6.76. The number of carbonyl (C=O) groups is 3. The Labute approximate surface area is 165 Å². The van der Waals surface area contributed by atoms with Crippen LogP contribution in [-0.2, 0) is 29.1 Å². The number of Topliss-reactive ketones (excluding diaryl/α,β-unsaturated/α-hetero) is 2. The molecule has 1 saturated heterocycles. The Bertz CT molecular complexity index is 803. The Morgan fingerprint density at radius 3 is 2.50 bits per heavy atom. The molecule has 0 bridgehead atoms. The normalized spacial score (nSPS) is 20.0. The highest BCUT2D eigenvalue weighted by molar-refractivity contribution is 7.91. The number of hydrogen-bond acceptors (Lipinski definition) is 6. The molecule has 1 fully saturated rings. The van der Waals surface area contributed by atoms with E-state index in [4.69, 9.17) is 4.84 Å². The van der Waals surface area contributed by atoms with Crippen LogP contribution >= 0.6 is 0 Å². The molecule has 1 aromatic carbocycles.